The number of fused-ring (bicyclic) bond motifs is 1. The van der Waals surface area contributed by atoms with Gasteiger partial charge in [0.1, 0.15) is 5.75 Å². The SMILES string of the molecule is CS(=O)(=O)NCc1ccc2c(C(=O)O)nn(Cc3ccc(OC(F)F)cc3)c2c1. The van der Waals surface area contributed by atoms with Gasteiger partial charge in [0, 0.05) is 11.9 Å². The minimum atomic E-state index is -3.39. The molecule has 154 valence electrons. The Hall–Kier alpha value is -3.05. The predicted molar refractivity (Wildman–Crippen MR) is 101 cm³/mol. The molecule has 1 heterocycles. The van der Waals surface area contributed by atoms with E-state index in [1.165, 1.54) is 16.8 Å². The van der Waals surface area contributed by atoms with E-state index in [-0.39, 0.29) is 24.5 Å². The highest BCUT2D eigenvalue weighted by atomic mass is 32.2. The number of ether oxygens (including phenoxy) is 1. The van der Waals surface area contributed by atoms with E-state index in [4.69, 9.17) is 0 Å². The van der Waals surface area contributed by atoms with Gasteiger partial charge in [-0.15, -0.1) is 0 Å². The summed E-state index contributed by atoms with van der Waals surface area (Å²) in [6, 6.07) is 10.7. The minimum Gasteiger partial charge on any atom is -0.476 e. The standard InChI is InChI=1S/C18H17F2N3O5S/c1-29(26,27)21-9-12-4-7-14-15(8-12)23(22-16(14)17(24)25)10-11-2-5-13(6-3-11)28-18(19)20/h2-8,18,21H,9-10H2,1H3,(H,24,25). The number of halogens is 2. The maximum absolute atomic E-state index is 12.3. The fraction of sp³-hybridized carbons (Fsp3) is 0.222. The van der Waals surface area contributed by atoms with Crippen molar-refractivity contribution in [2.45, 2.75) is 19.7 Å². The van der Waals surface area contributed by atoms with E-state index >= 15 is 0 Å². The summed E-state index contributed by atoms with van der Waals surface area (Å²) in [6.45, 7) is -2.70. The number of hydrogen-bond donors (Lipinski definition) is 2. The minimum absolute atomic E-state index is 0.00874. The van der Waals surface area contributed by atoms with Crippen LogP contribution in [0.25, 0.3) is 10.9 Å². The van der Waals surface area contributed by atoms with E-state index in [1.54, 1.807) is 30.3 Å². The van der Waals surface area contributed by atoms with E-state index < -0.39 is 22.6 Å². The lowest BCUT2D eigenvalue weighted by Gasteiger charge is -2.08. The summed E-state index contributed by atoms with van der Waals surface area (Å²) in [5, 5.41) is 13.9. The number of benzene rings is 2. The van der Waals surface area contributed by atoms with Gasteiger partial charge in [-0.05, 0) is 35.4 Å². The summed E-state index contributed by atoms with van der Waals surface area (Å²) in [4.78, 5) is 11.5. The summed E-state index contributed by atoms with van der Waals surface area (Å²) < 4.78 is 55.3. The van der Waals surface area contributed by atoms with Crippen LogP contribution in [0.15, 0.2) is 42.5 Å². The quantitative estimate of drug-likeness (QED) is 0.574. The van der Waals surface area contributed by atoms with Crippen LogP contribution in [0.3, 0.4) is 0 Å². The molecule has 0 atom stereocenters. The molecule has 0 aliphatic rings. The van der Waals surface area contributed by atoms with Gasteiger partial charge < -0.3 is 9.84 Å². The molecular formula is C18H17F2N3O5S. The highest BCUT2D eigenvalue weighted by Crippen LogP contribution is 2.23. The molecule has 0 radical (unpaired) electrons. The first-order valence-electron chi connectivity index (χ1n) is 8.33. The van der Waals surface area contributed by atoms with Crippen molar-refractivity contribution in [3.8, 4) is 5.75 Å². The van der Waals surface area contributed by atoms with Crippen LogP contribution in [-0.2, 0) is 23.1 Å². The molecule has 0 saturated carbocycles. The van der Waals surface area contributed by atoms with Gasteiger partial charge in [0.2, 0.25) is 10.0 Å². The van der Waals surface area contributed by atoms with Crippen LogP contribution in [-0.4, -0.2) is 42.1 Å². The lowest BCUT2D eigenvalue weighted by Crippen LogP contribution is -2.21. The van der Waals surface area contributed by atoms with Gasteiger partial charge in [0.25, 0.3) is 0 Å². The number of sulfonamides is 1. The first-order chi connectivity index (χ1) is 13.6. The summed E-state index contributed by atoms with van der Waals surface area (Å²) in [5.41, 5.74) is 1.68. The van der Waals surface area contributed by atoms with Gasteiger partial charge in [0.15, 0.2) is 5.69 Å². The summed E-state index contributed by atoms with van der Waals surface area (Å²) in [5.74, 6) is -1.19. The third-order valence-electron chi connectivity index (χ3n) is 4.04. The second-order valence-electron chi connectivity index (χ2n) is 6.28. The van der Waals surface area contributed by atoms with Crippen LogP contribution in [0.1, 0.15) is 21.6 Å². The predicted octanol–water partition coefficient (Wildman–Crippen LogP) is 2.43. The van der Waals surface area contributed by atoms with Gasteiger partial charge in [-0.2, -0.15) is 13.9 Å². The molecule has 0 spiro atoms. The average Bonchev–Trinajstić information content (AvgIpc) is 2.99. The lowest BCUT2D eigenvalue weighted by atomic mass is 10.1. The molecule has 0 unspecified atom stereocenters. The first-order valence-corrected chi connectivity index (χ1v) is 10.2. The fourth-order valence-corrected chi connectivity index (χ4v) is 3.20. The number of nitrogens with one attached hydrogen (secondary N) is 1. The Balaban J connectivity index is 1.93. The largest absolute Gasteiger partial charge is 0.476 e. The third kappa shape index (κ3) is 5.27. The van der Waals surface area contributed by atoms with Gasteiger partial charge >= 0.3 is 12.6 Å². The summed E-state index contributed by atoms with van der Waals surface area (Å²) in [7, 11) is -3.39. The van der Waals surface area contributed by atoms with Crippen LogP contribution in [0.2, 0.25) is 0 Å². The second-order valence-corrected chi connectivity index (χ2v) is 8.11. The Morgan fingerprint density at radius 1 is 1.21 bits per heavy atom. The Kier molecular flexibility index (Phi) is 5.80. The number of rotatable bonds is 8. The van der Waals surface area contributed by atoms with E-state index in [2.05, 4.69) is 14.6 Å². The molecule has 8 nitrogen and oxygen atoms in total. The maximum Gasteiger partial charge on any atom is 0.387 e. The zero-order valence-corrected chi connectivity index (χ0v) is 16.0. The smallest absolute Gasteiger partial charge is 0.387 e. The molecule has 29 heavy (non-hydrogen) atoms. The van der Waals surface area contributed by atoms with Crippen molar-refractivity contribution < 1.29 is 31.8 Å². The lowest BCUT2D eigenvalue weighted by molar-refractivity contribution is -0.0498. The Bertz CT molecular complexity index is 1140. The number of nitrogens with zero attached hydrogens (tertiary/aromatic N) is 2. The van der Waals surface area contributed by atoms with Crippen molar-refractivity contribution in [1.29, 1.82) is 0 Å². The molecule has 0 fully saturated rings. The molecule has 0 aliphatic heterocycles. The Labute approximate surface area is 164 Å². The number of alkyl halides is 2. The number of aromatic carboxylic acids is 1. The normalized spacial score (nSPS) is 11.9. The highest BCUT2D eigenvalue weighted by molar-refractivity contribution is 7.88. The molecule has 3 aromatic rings. The van der Waals surface area contributed by atoms with Crippen LogP contribution in [0.4, 0.5) is 8.78 Å². The average molecular weight is 425 g/mol. The van der Waals surface area contributed by atoms with Gasteiger partial charge in [-0.1, -0.05) is 18.2 Å². The van der Waals surface area contributed by atoms with Crippen molar-refractivity contribution >= 4 is 26.9 Å². The van der Waals surface area contributed by atoms with Crippen molar-refractivity contribution in [2.24, 2.45) is 0 Å². The summed E-state index contributed by atoms with van der Waals surface area (Å²) in [6.07, 6.45) is 1.04. The van der Waals surface area contributed by atoms with E-state index in [0.29, 0.717) is 22.0 Å². The van der Waals surface area contributed by atoms with E-state index in [9.17, 15) is 27.1 Å². The molecular weight excluding hydrogens is 408 g/mol. The van der Waals surface area contributed by atoms with Gasteiger partial charge in [-0.3, -0.25) is 4.68 Å². The number of carbonyl (C=O) groups is 1. The number of carboxylic acid groups (broad SMARTS) is 1. The maximum atomic E-state index is 12.3. The second kappa shape index (κ2) is 8.13. The molecule has 0 bridgehead atoms. The molecule has 1 aromatic heterocycles. The Morgan fingerprint density at radius 3 is 2.45 bits per heavy atom. The van der Waals surface area contributed by atoms with Crippen LogP contribution >= 0.6 is 0 Å². The van der Waals surface area contributed by atoms with Gasteiger partial charge in [-0.25, -0.2) is 17.9 Å². The van der Waals surface area contributed by atoms with E-state index in [1.807, 2.05) is 0 Å². The number of aromatic nitrogens is 2. The molecule has 0 saturated heterocycles. The zero-order valence-electron chi connectivity index (χ0n) is 15.2. The molecule has 3 rings (SSSR count). The summed E-state index contributed by atoms with van der Waals surface area (Å²) >= 11 is 0. The van der Waals surface area contributed by atoms with Crippen LogP contribution in [0, 0.1) is 0 Å². The molecule has 2 aromatic carbocycles. The van der Waals surface area contributed by atoms with Gasteiger partial charge in [0.05, 0.1) is 18.3 Å². The fourth-order valence-electron chi connectivity index (χ4n) is 2.77. The first kappa shape index (κ1) is 20.7. The zero-order chi connectivity index (χ0) is 21.2. The van der Waals surface area contributed by atoms with Crippen molar-refractivity contribution in [3.63, 3.8) is 0 Å². The molecule has 0 aliphatic carbocycles. The number of hydrogen-bond acceptors (Lipinski definition) is 5. The third-order valence-corrected chi connectivity index (χ3v) is 4.71. The van der Waals surface area contributed by atoms with Crippen molar-refractivity contribution in [2.75, 3.05) is 6.26 Å². The van der Waals surface area contributed by atoms with E-state index in [0.717, 1.165) is 6.26 Å². The number of carboxylic acids is 1. The molecule has 11 heteroatoms. The molecule has 0 amide bonds. The Morgan fingerprint density at radius 2 is 1.86 bits per heavy atom. The van der Waals surface area contributed by atoms with Crippen molar-refractivity contribution in [3.05, 3.63) is 59.3 Å². The van der Waals surface area contributed by atoms with Crippen LogP contribution in [0.5, 0.6) is 5.75 Å². The highest BCUT2D eigenvalue weighted by Gasteiger charge is 2.17. The van der Waals surface area contributed by atoms with Crippen molar-refractivity contribution in [1.82, 2.24) is 14.5 Å². The molecule has 2 N–H and O–H groups in total. The van der Waals surface area contributed by atoms with Crippen LogP contribution < -0.4 is 9.46 Å². The topological polar surface area (TPSA) is 111 Å². The monoisotopic (exact) mass is 425 g/mol.